The predicted octanol–water partition coefficient (Wildman–Crippen LogP) is 4.06. The molecule has 1 spiro atoms. The van der Waals surface area contributed by atoms with E-state index < -0.39 is 0 Å². The summed E-state index contributed by atoms with van der Waals surface area (Å²) in [5, 5.41) is 3.45. The van der Waals surface area contributed by atoms with Crippen LogP contribution < -0.4 is 5.32 Å². The van der Waals surface area contributed by atoms with Gasteiger partial charge in [0.2, 0.25) is 0 Å². The van der Waals surface area contributed by atoms with Crippen LogP contribution in [0.1, 0.15) is 64.7 Å². The molecule has 1 unspecified atom stereocenters. The first kappa shape index (κ1) is 15.1. The number of nitrogens with one attached hydrogen (secondary N) is 1. The molecule has 0 aromatic carbocycles. The Labute approximate surface area is 119 Å². The Morgan fingerprint density at radius 3 is 2.84 bits per heavy atom. The minimum atomic E-state index is 0.256. The summed E-state index contributed by atoms with van der Waals surface area (Å²) in [6, 6.07) is 0. The van der Waals surface area contributed by atoms with Crippen molar-refractivity contribution in [2.45, 2.75) is 70.3 Å². The van der Waals surface area contributed by atoms with E-state index in [2.05, 4.69) is 24.4 Å². The lowest BCUT2D eigenvalue weighted by atomic mass is 9.76. The molecule has 0 aromatic rings. The van der Waals surface area contributed by atoms with Crippen molar-refractivity contribution in [3.8, 4) is 0 Å². The second-order valence-corrected chi connectivity index (χ2v) is 6.31. The standard InChI is InChI=1S/C17H31NO/c1-2-12-18-13-7-4-8-16-9-14-19-17(15-16)10-5-3-6-11-17/h4,8,16,18H,2-3,5-7,9-15H2,1H3. The lowest BCUT2D eigenvalue weighted by Crippen LogP contribution is -2.41. The van der Waals surface area contributed by atoms with Gasteiger partial charge in [-0.2, -0.15) is 0 Å². The van der Waals surface area contributed by atoms with Crippen molar-refractivity contribution in [2.75, 3.05) is 19.7 Å². The van der Waals surface area contributed by atoms with E-state index >= 15 is 0 Å². The maximum atomic E-state index is 6.15. The average molecular weight is 265 g/mol. The Morgan fingerprint density at radius 2 is 2.05 bits per heavy atom. The molecule has 2 rings (SSSR count). The van der Waals surface area contributed by atoms with Gasteiger partial charge in [0.25, 0.3) is 0 Å². The van der Waals surface area contributed by atoms with Gasteiger partial charge in [0.05, 0.1) is 5.60 Å². The Kier molecular flexibility index (Phi) is 6.39. The van der Waals surface area contributed by atoms with Gasteiger partial charge in [-0.15, -0.1) is 0 Å². The molecule has 19 heavy (non-hydrogen) atoms. The molecule has 2 heteroatoms. The topological polar surface area (TPSA) is 21.3 Å². The highest BCUT2D eigenvalue weighted by Crippen LogP contribution is 2.40. The summed E-state index contributed by atoms with van der Waals surface area (Å²) < 4.78 is 6.15. The summed E-state index contributed by atoms with van der Waals surface area (Å²) in [6.07, 6.45) is 16.5. The summed E-state index contributed by atoms with van der Waals surface area (Å²) >= 11 is 0. The average Bonchev–Trinajstić information content (AvgIpc) is 2.44. The molecule has 2 aliphatic rings. The van der Waals surface area contributed by atoms with E-state index in [9.17, 15) is 0 Å². The van der Waals surface area contributed by atoms with Crippen LogP contribution in [0.4, 0.5) is 0 Å². The zero-order chi connectivity index (χ0) is 13.4. The van der Waals surface area contributed by atoms with E-state index in [0.29, 0.717) is 0 Å². The van der Waals surface area contributed by atoms with Gasteiger partial charge in [-0.25, -0.2) is 0 Å². The van der Waals surface area contributed by atoms with E-state index in [1.165, 1.54) is 57.8 Å². The molecule has 0 aromatic heterocycles. The Hall–Kier alpha value is -0.340. The summed E-state index contributed by atoms with van der Waals surface area (Å²) in [4.78, 5) is 0. The maximum Gasteiger partial charge on any atom is 0.0688 e. The minimum absolute atomic E-state index is 0.256. The van der Waals surface area contributed by atoms with Crippen LogP contribution in [-0.4, -0.2) is 25.3 Å². The van der Waals surface area contributed by atoms with Gasteiger partial charge >= 0.3 is 0 Å². The molecule has 1 saturated carbocycles. The fourth-order valence-electron chi connectivity index (χ4n) is 3.55. The van der Waals surface area contributed by atoms with Crippen molar-refractivity contribution in [1.29, 1.82) is 0 Å². The van der Waals surface area contributed by atoms with Crippen molar-refractivity contribution in [3.63, 3.8) is 0 Å². The largest absolute Gasteiger partial charge is 0.375 e. The highest BCUT2D eigenvalue weighted by Gasteiger charge is 2.37. The van der Waals surface area contributed by atoms with Gasteiger partial charge < -0.3 is 10.1 Å². The molecule has 1 aliphatic heterocycles. The summed E-state index contributed by atoms with van der Waals surface area (Å²) in [7, 11) is 0. The van der Waals surface area contributed by atoms with Gasteiger partial charge in [-0.1, -0.05) is 38.3 Å². The minimum Gasteiger partial charge on any atom is -0.375 e. The molecule has 1 heterocycles. The van der Waals surface area contributed by atoms with Crippen LogP contribution in [0.5, 0.6) is 0 Å². The van der Waals surface area contributed by atoms with Gasteiger partial charge in [0.1, 0.15) is 0 Å². The van der Waals surface area contributed by atoms with E-state index in [4.69, 9.17) is 4.74 Å². The van der Waals surface area contributed by atoms with E-state index in [-0.39, 0.29) is 5.60 Å². The highest BCUT2D eigenvalue weighted by molar-refractivity contribution is 4.97. The van der Waals surface area contributed by atoms with Gasteiger partial charge in [0, 0.05) is 6.61 Å². The lowest BCUT2D eigenvalue weighted by molar-refractivity contribution is -0.111. The number of rotatable bonds is 6. The molecule has 0 amide bonds. The Balaban J connectivity index is 1.70. The Bertz CT molecular complexity index is 263. The van der Waals surface area contributed by atoms with Crippen LogP contribution >= 0.6 is 0 Å². The first-order valence-electron chi connectivity index (χ1n) is 8.36. The molecule has 2 nitrogen and oxygen atoms in total. The quantitative estimate of drug-likeness (QED) is 0.577. The molecule has 1 aliphatic carbocycles. The third-order valence-electron chi connectivity index (χ3n) is 4.62. The molecule has 1 atom stereocenters. The zero-order valence-corrected chi connectivity index (χ0v) is 12.6. The van der Waals surface area contributed by atoms with E-state index in [0.717, 1.165) is 25.6 Å². The second kappa shape index (κ2) is 8.06. The first-order chi connectivity index (χ1) is 9.35. The third-order valence-corrected chi connectivity index (χ3v) is 4.62. The molecular weight excluding hydrogens is 234 g/mol. The summed E-state index contributed by atoms with van der Waals surface area (Å²) in [6.45, 7) is 5.46. The highest BCUT2D eigenvalue weighted by atomic mass is 16.5. The van der Waals surface area contributed by atoms with Gasteiger partial charge in [-0.3, -0.25) is 0 Å². The Morgan fingerprint density at radius 1 is 1.21 bits per heavy atom. The molecule has 2 fully saturated rings. The fraction of sp³-hybridized carbons (Fsp3) is 0.882. The van der Waals surface area contributed by atoms with Crippen molar-refractivity contribution in [2.24, 2.45) is 5.92 Å². The maximum absolute atomic E-state index is 6.15. The summed E-state index contributed by atoms with van der Waals surface area (Å²) in [5.41, 5.74) is 0.256. The molecule has 0 bridgehead atoms. The molecule has 1 saturated heterocycles. The van der Waals surface area contributed by atoms with Crippen molar-refractivity contribution < 1.29 is 4.74 Å². The molecule has 110 valence electrons. The van der Waals surface area contributed by atoms with Crippen LogP contribution in [0.15, 0.2) is 12.2 Å². The van der Waals surface area contributed by atoms with Crippen molar-refractivity contribution >= 4 is 0 Å². The number of ether oxygens (including phenoxy) is 1. The van der Waals surface area contributed by atoms with Crippen LogP contribution in [0, 0.1) is 5.92 Å². The molecule has 0 radical (unpaired) electrons. The number of hydrogen-bond acceptors (Lipinski definition) is 2. The van der Waals surface area contributed by atoms with E-state index in [1.807, 2.05) is 0 Å². The van der Waals surface area contributed by atoms with Gasteiger partial charge in [-0.05, 0) is 57.5 Å². The third kappa shape index (κ3) is 4.92. The number of allylic oxidation sites excluding steroid dienone is 1. The first-order valence-corrected chi connectivity index (χ1v) is 8.36. The normalized spacial score (nSPS) is 27.1. The van der Waals surface area contributed by atoms with Crippen LogP contribution in [-0.2, 0) is 4.74 Å². The predicted molar refractivity (Wildman–Crippen MR) is 81.4 cm³/mol. The SMILES string of the molecule is CCCNCCC=CC1CCOC2(CCCCC2)C1. The number of hydrogen-bond donors (Lipinski definition) is 1. The van der Waals surface area contributed by atoms with Crippen LogP contribution in [0.3, 0.4) is 0 Å². The van der Waals surface area contributed by atoms with E-state index in [1.54, 1.807) is 0 Å². The molecule has 1 N–H and O–H groups in total. The second-order valence-electron chi connectivity index (χ2n) is 6.31. The smallest absolute Gasteiger partial charge is 0.0688 e. The monoisotopic (exact) mass is 265 g/mol. The molecular formula is C17H31NO. The zero-order valence-electron chi connectivity index (χ0n) is 12.6. The summed E-state index contributed by atoms with van der Waals surface area (Å²) in [5.74, 6) is 0.762. The lowest BCUT2D eigenvalue weighted by Gasteiger charge is -2.43. The fourth-order valence-corrected chi connectivity index (χ4v) is 3.55. The van der Waals surface area contributed by atoms with Crippen LogP contribution in [0.25, 0.3) is 0 Å². The van der Waals surface area contributed by atoms with Gasteiger partial charge in [0.15, 0.2) is 0 Å². The van der Waals surface area contributed by atoms with Crippen molar-refractivity contribution in [3.05, 3.63) is 12.2 Å². The van der Waals surface area contributed by atoms with Crippen LogP contribution in [0.2, 0.25) is 0 Å². The van der Waals surface area contributed by atoms with Crippen molar-refractivity contribution in [1.82, 2.24) is 5.32 Å².